The van der Waals surface area contributed by atoms with Gasteiger partial charge in [-0.25, -0.2) is 4.79 Å². The van der Waals surface area contributed by atoms with Gasteiger partial charge in [0.15, 0.2) is 6.10 Å². The number of aromatic hydroxyl groups is 2. The number of carboxylic acids is 1. The lowest BCUT2D eigenvalue weighted by atomic mass is 10.1. The minimum absolute atomic E-state index is 0.0167. The number of benzene rings is 3. The van der Waals surface area contributed by atoms with Crippen molar-refractivity contribution in [2.75, 3.05) is 13.2 Å². The molecule has 0 saturated carbocycles. The molecule has 3 aromatic carbocycles. The second kappa shape index (κ2) is 11.8. The second-order valence-electron chi connectivity index (χ2n) is 8.34. The number of aromatic nitrogens is 1. The number of rotatable bonds is 11. The molecule has 1 atom stereocenters. The molecule has 9 heteroatoms. The van der Waals surface area contributed by atoms with Crippen LogP contribution in [0, 0.1) is 0 Å². The quantitative estimate of drug-likeness (QED) is 0.244. The van der Waals surface area contributed by atoms with Gasteiger partial charge in [0.2, 0.25) is 0 Å². The lowest BCUT2D eigenvalue weighted by Gasteiger charge is -2.13. The first-order valence-electron chi connectivity index (χ1n) is 11.7. The Labute approximate surface area is 217 Å². The number of carbonyl (C=O) groups is 1. The number of aliphatic carboxylic acids is 1. The summed E-state index contributed by atoms with van der Waals surface area (Å²) in [7, 11) is 0. The molecule has 0 spiro atoms. The molecule has 0 saturated heterocycles. The molecule has 1 unspecified atom stereocenters. The molecule has 0 aliphatic heterocycles. The van der Waals surface area contributed by atoms with Crippen LogP contribution in [0.5, 0.6) is 17.2 Å². The summed E-state index contributed by atoms with van der Waals surface area (Å²) in [6, 6.07) is 17.2. The van der Waals surface area contributed by atoms with Crippen molar-refractivity contribution in [1.82, 2.24) is 4.57 Å². The third-order valence-electron chi connectivity index (χ3n) is 5.66. The van der Waals surface area contributed by atoms with Crippen molar-refractivity contribution < 1.29 is 29.6 Å². The van der Waals surface area contributed by atoms with E-state index in [4.69, 9.17) is 9.47 Å². The van der Waals surface area contributed by atoms with E-state index in [-0.39, 0.29) is 22.8 Å². The Bertz CT molecular complexity index is 1450. The second-order valence-corrected chi connectivity index (χ2v) is 9.33. The van der Waals surface area contributed by atoms with Gasteiger partial charge >= 0.3 is 10.8 Å². The van der Waals surface area contributed by atoms with E-state index in [1.807, 2.05) is 36.4 Å². The smallest absolute Gasteiger partial charge is 0.333 e. The van der Waals surface area contributed by atoms with Crippen molar-refractivity contribution in [2.45, 2.75) is 26.0 Å². The van der Waals surface area contributed by atoms with Crippen LogP contribution in [0.25, 0.3) is 22.4 Å². The molecule has 0 fully saturated rings. The molecule has 4 aromatic rings. The molecule has 8 nitrogen and oxygen atoms in total. The summed E-state index contributed by atoms with van der Waals surface area (Å²) in [5.74, 6) is -0.394. The highest BCUT2D eigenvalue weighted by molar-refractivity contribution is 7.16. The maximum atomic E-state index is 12.6. The molecule has 0 amide bonds. The van der Waals surface area contributed by atoms with Gasteiger partial charge in [0.25, 0.3) is 0 Å². The normalized spacial score (nSPS) is 12.2. The highest BCUT2D eigenvalue weighted by Gasteiger charge is 2.17. The standard InChI is InChI=1S/C28H27NO7S/c1-2-35-25(27(32)33)15-18-5-8-23(9-6-18)36-12-11-29-24-10-7-19(16-26(24)37-28(29)34)3-4-20-13-21(30)17-22(31)14-20/h3-10,13-14,16-17,25,30-31H,2,11-12,15H2,1H3,(H,32,33)/b4-3+. The van der Waals surface area contributed by atoms with Gasteiger partial charge in [-0.15, -0.1) is 0 Å². The van der Waals surface area contributed by atoms with Gasteiger partial charge < -0.3 is 24.8 Å². The summed E-state index contributed by atoms with van der Waals surface area (Å²) >= 11 is 1.16. The third kappa shape index (κ3) is 6.78. The Morgan fingerprint density at radius 2 is 1.70 bits per heavy atom. The van der Waals surface area contributed by atoms with Crippen molar-refractivity contribution in [3.63, 3.8) is 0 Å². The number of fused-ring (bicyclic) bond motifs is 1. The zero-order chi connectivity index (χ0) is 26.4. The topological polar surface area (TPSA) is 118 Å². The molecule has 0 radical (unpaired) electrons. The fraction of sp³-hybridized carbons (Fsp3) is 0.214. The van der Waals surface area contributed by atoms with Crippen molar-refractivity contribution in [3.8, 4) is 17.2 Å². The Balaban J connectivity index is 1.38. The molecule has 1 aromatic heterocycles. The van der Waals surface area contributed by atoms with Crippen molar-refractivity contribution in [1.29, 1.82) is 0 Å². The lowest BCUT2D eigenvalue weighted by molar-refractivity contribution is -0.149. The first-order chi connectivity index (χ1) is 17.8. The number of nitrogens with zero attached hydrogens (tertiary/aromatic N) is 1. The first kappa shape index (κ1) is 26.0. The number of hydrogen-bond acceptors (Lipinski definition) is 7. The molecular weight excluding hydrogens is 494 g/mol. The van der Waals surface area contributed by atoms with E-state index < -0.39 is 12.1 Å². The Hall–Kier alpha value is -4.08. The number of hydrogen-bond donors (Lipinski definition) is 3. The molecule has 37 heavy (non-hydrogen) atoms. The van der Waals surface area contributed by atoms with Gasteiger partial charge in [-0.2, -0.15) is 0 Å². The maximum Gasteiger partial charge on any atom is 0.333 e. The lowest BCUT2D eigenvalue weighted by Crippen LogP contribution is -2.26. The zero-order valence-electron chi connectivity index (χ0n) is 20.2. The van der Waals surface area contributed by atoms with Crippen LogP contribution in [-0.2, 0) is 22.5 Å². The summed E-state index contributed by atoms with van der Waals surface area (Å²) in [6.07, 6.45) is 3.01. The molecule has 3 N–H and O–H groups in total. The van der Waals surface area contributed by atoms with Crippen LogP contribution in [0.15, 0.2) is 65.5 Å². The largest absolute Gasteiger partial charge is 0.508 e. The summed E-state index contributed by atoms with van der Waals surface area (Å²) in [4.78, 5) is 23.8. The monoisotopic (exact) mass is 521 g/mol. The van der Waals surface area contributed by atoms with Crippen LogP contribution in [0.4, 0.5) is 0 Å². The molecule has 0 aliphatic rings. The van der Waals surface area contributed by atoms with Crippen LogP contribution in [0.2, 0.25) is 0 Å². The van der Waals surface area contributed by atoms with Gasteiger partial charge in [0, 0.05) is 19.1 Å². The van der Waals surface area contributed by atoms with Crippen LogP contribution in [-0.4, -0.2) is 45.2 Å². The van der Waals surface area contributed by atoms with E-state index in [2.05, 4.69) is 0 Å². The van der Waals surface area contributed by atoms with Gasteiger partial charge in [0.05, 0.1) is 16.8 Å². The third-order valence-corrected chi connectivity index (χ3v) is 6.60. The number of thiazole rings is 1. The molecule has 1 heterocycles. The summed E-state index contributed by atoms with van der Waals surface area (Å²) in [5.41, 5.74) is 3.19. The number of carboxylic acid groups (broad SMARTS) is 1. The van der Waals surface area contributed by atoms with Crippen molar-refractivity contribution in [3.05, 3.63) is 87.0 Å². The predicted octanol–water partition coefficient (Wildman–Crippen LogP) is 4.76. The summed E-state index contributed by atoms with van der Waals surface area (Å²) in [5, 5.41) is 28.5. The van der Waals surface area contributed by atoms with E-state index in [1.165, 1.54) is 6.07 Å². The first-order valence-corrected chi connectivity index (χ1v) is 12.5. The predicted molar refractivity (Wildman–Crippen MR) is 143 cm³/mol. The van der Waals surface area contributed by atoms with E-state index >= 15 is 0 Å². The fourth-order valence-electron chi connectivity index (χ4n) is 3.91. The summed E-state index contributed by atoms with van der Waals surface area (Å²) < 4.78 is 13.6. The van der Waals surface area contributed by atoms with Gasteiger partial charge in [-0.3, -0.25) is 9.36 Å². The van der Waals surface area contributed by atoms with Crippen LogP contribution in [0.3, 0.4) is 0 Å². The molecule has 4 rings (SSSR count). The summed E-state index contributed by atoms with van der Waals surface area (Å²) in [6.45, 7) is 2.77. The van der Waals surface area contributed by atoms with E-state index in [0.717, 1.165) is 32.7 Å². The average molecular weight is 522 g/mol. The van der Waals surface area contributed by atoms with E-state index in [1.54, 1.807) is 41.8 Å². The molecular formula is C28H27NO7S. The molecule has 0 bridgehead atoms. The number of phenolic OH excluding ortho intramolecular Hbond substituents is 2. The van der Waals surface area contributed by atoms with Crippen molar-refractivity contribution in [2.24, 2.45) is 0 Å². The highest BCUT2D eigenvalue weighted by atomic mass is 32.1. The Kier molecular flexibility index (Phi) is 8.27. The highest BCUT2D eigenvalue weighted by Crippen LogP contribution is 2.24. The van der Waals surface area contributed by atoms with Gasteiger partial charge in [-0.1, -0.05) is 41.7 Å². The van der Waals surface area contributed by atoms with Crippen LogP contribution in [0.1, 0.15) is 23.6 Å². The fourth-order valence-corrected chi connectivity index (χ4v) is 4.88. The van der Waals surface area contributed by atoms with Gasteiger partial charge in [0.1, 0.15) is 23.9 Å². The van der Waals surface area contributed by atoms with Gasteiger partial charge in [-0.05, 0) is 60.0 Å². The average Bonchev–Trinajstić information content (AvgIpc) is 3.17. The van der Waals surface area contributed by atoms with Crippen LogP contribution < -0.4 is 9.61 Å². The zero-order valence-corrected chi connectivity index (χ0v) is 21.0. The molecule has 192 valence electrons. The minimum atomic E-state index is -0.990. The molecule has 0 aliphatic carbocycles. The maximum absolute atomic E-state index is 12.6. The van der Waals surface area contributed by atoms with E-state index in [9.17, 15) is 24.9 Å². The minimum Gasteiger partial charge on any atom is -0.508 e. The van der Waals surface area contributed by atoms with Crippen LogP contribution >= 0.6 is 11.3 Å². The SMILES string of the molecule is CCOC(Cc1ccc(OCCn2c(=O)sc3cc(/C=C/c4cc(O)cc(O)c4)ccc32)cc1)C(=O)O. The van der Waals surface area contributed by atoms with E-state index in [0.29, 0.717) is 31.1 Å². The van der Waals surface area contributed by atoms with Crippen molar-refractivity contribution >= 4 is 39.7 Å². The number of phenols is 2. The Morgan fingerprint density at radius 1 is 1.00 bits per heavy atom. The number of ether oxygens (including phenoxy) is 2. The Morgan fingerprint density at radius 3 is 2.38 bits per heavy atom.